The van der Waals surface area contributed by atoms with Crippen molar-refractivity contribution in [1.29, 1.82) is 0 Å². The molecule has 0 aromatic heterocycles. The molecule has 1 aromatic carbocycles. The molecule has 2 rings (SSSR count). The Morgan fingerprint density at radius 2 is 1.90 bits per heavy atom. The van der Waals surface area contributed by atoms with E-state index in [4.69, 9.17) is 4.74 Å². The van der Waals surface area contributed by atoms with Crippen molar-refractivity contribution < 1.29 is 14.3 Å². The van der Waals surface area contributed by atoms with Crippen LogP contribution >= 0.6 is 0 Å². The van der Waals surface area contributed by atoms with Crippen LogP contribution in [0.1, 0.15) is 40.5 Å². The zero-order chi connectivity index (χ0) is 14.5. The zero-order valence-corrected chi connectivity index (χ0v) is 11.6. The highest BCUT2D eigenvalue weighted by Gasteiger charge is 2.24. The summed E-state index contributed by atoms with van der Waals surface area (Å²) in [5, 5.41) is 0. The number of hydrogen-bond donors (Lipinski definition) is 0. The van der Waals surface area contributed by atoms with Crippen LogP contribution in [0.3, 0.4) is 0 Å². The molecule has 0 radical (unpaired) electrons. The largest absolute Gasteiger partial charge is 0.381 e. The van der Waals surface area contributed by atoms with Gasteiger partial charge in [0.05, 0.1) is 6.61 Å². The summed E-state index contributed by atoms with van der Waals surface area (Å²) in [6, 6.07) is 6.93. The minimum absolute atomic E-state index is 0.0715. The Morgan fingerprint density at radius 3 is 2.60 bits per heavy atom. The number of rotatable bonds is 6. The molecule has 0 unspecified atom stereocenters. The van der Waals surface area contributed by atoms with Gasteiger partial charge in [-0.3, -0.25) is 9.59 Å². The van der Waals surface area contributed by atoms with Crippen molar-refractivity contribution in [2.45, 2.75) is 19.8 Å². The van der Waals surface area contributed by atoms with E-state index in [2.05, 4.69) is 6.58 Å². The summed E-state index contributed by atoms with van der Waals surface area (Å²) in [6.07, 6.45) is 2.58. The number of carbonyl (C=O) groups is 2. The molecule has 1 aromatic rings. The molecule has 3 nitrogen and oxygen atoms in total. The van der Waals surface area contributed by atoms with Crippen LogP contribution < -0.4 is 0 Å². The van der Waals surface area contributed by atoms with E-state index in [1.165, 1.54) is 6.08 Å². The molecule has 0 amide bonds. The van der Waals surface area contributed by atoms with Crippen LogP contribution in [0.2, 0.25) is 0 Å². The maximum Gasteiger partial charge on any atom is 0.190 e. The van der Waals surface area contributed by atoms with Gasteiger partial charge in [0.15, 0.2) is 11.6 Å². The SMILES string of the molecule is C=C(CCOCC)CC1=CC(=O)c2ccccc2C1=O. The van der Waals surface area contributed by atoms with E-state index in [-0.39, 0.29) is 11.6 Å². The number of benzene rings is 1. The first-order valence-corrected chi connectivity index (χ1v) is 6.76. The van der Waals surface area contributed by atoms with Gasteiger partial charge in [0.1, 0.15) is 0 Å². The van der Waals surface area contributed by atoms with Crippen molar-refractivity contribution in [2.24, 2.45) is 0 Å². The van der Waals surface area contributed by atoms with Gasteiger partial charge in [-0.15, -0.1) is 0 Å². The number of Topliss-reactive ketones (excluding diaryl/α,β-unsaturated/α-hetero) is 1. The molecule has 0 saturated heterocycles. The maximum absolute atomic E-state index is 12.3. The van der Waals surface area contributed by atoms with Gasteiger partial charge >= 0.3 is 0 Å². The Bertz CT molecular complexity index is 582. The smallest absolute Gasteiger partial charge is 0.190 e. The lowest BCUT2D eigenvalue weighted by Crippen LogP contribution is -2.17. The van der Waals surface area contributed by atoms with Crippen molar-refractivity contribution in [2.75, 3.05) is 13.2 Å². The highest BCUT2D eigenvalue weighted by atomic mass is 16.5. The Morgan fingerprint density at radius 1 is 1.20 bits per heavy atom. The number of carbonyl (C=O) groups excluding carboxylic acids is 2. The molecule has 1 aliphatic rings. The molecule has 0 spiro atoms. The molecule has 0 atom stereocenters. The van der Waals surface area contributed by atoms with Crippen LogP contribution in [0.4, 0.5) is 0 Å². The summed E-state index contributed by atoms with van der Waals surface area (Å²) in [5.41, 5.74) is 2.41. The van der Waals surface area contributed by atoms with E-state index in [0.717, 1.165) is 5.57 Å². The molecule has 0 bridgehead atoms. The van der Waals surface area contributed by atoms with Crippen LogP contribution in [0.5, 0.6) is 0 Å². The fourth-order valence-corrected chi connectivity index (χ4v) is 2.22. The monoisotopic (exact) mass is 270 g/mol. The second-order valence-electron chi connectivity index (χ2n) is 4.78. The van der Waals surface area contributed by atoms with E-state index in [9.17, 15) is 9.59 Å². The molecule has 0 fully saturated rings. The Kier molecular flexibility index (Phi) is 4.64. The average molecular weight is 270 g/mol. The van der Waals surface area contributed by atoms with E-state index >= 15 is 0 Å². The van der Waals surface area contributed by atoms with Crippen molar-refractivity contribution in [1.82, 2.24) is 0 Å². The zero-order valence-electron chi connectivity index (χ0n) is 11.6. The predicted octanol–water partition coefficient (Wildman–Crippen LogP) is 3.36. The van der Waals surface area contributed by atoms with Gasteiger partial charge < -0.3 is 4.74 Å². The van der Waals surface area contributed by atoms with Crippen LogP contribution in [-0.2, 0) is 4.74 Å². The van der Waals surface area contributed by atoms with Crippen molar-refractivity contribution in [3.8, 4) is 0 Å². The Balaban J connectivity index is 2.09. The standard InChI is InChI=1S/C17H18O3/c1-3-20-9-8-12(2)10-13-11-16(18)14-6-4-5-7-15(14)17(13)19/h4-7,11H,2-3,8-10H2,1H3. The van der Waals surface area contributed by atoms with Crippen LogP contribution in [0.15, 0.2) is 48.1 Å². The van der Waals surface area contributed by atoms with Crippen LogP contribution in [-0.4, -0.2) is 24.8 Å². The molecule has 3 heteroatoms. The van der Waals surface area contributed by atoms with Gasteiger partial charge in [-0.05, 0) is 25.8 Å². The third kappa shape index (κ3) is 3.11. The Labute approximate surface area is 118 Å². The van der Waals surface area contributed by atoms with Gasteiger partial charge in [0.2, 0.25) is 0 Å². The van der Waals surface area contributed by atoms with Gasteiger partial charge in [-0.1, -0.05) is 36.4 Å². The quantitative estimate of drug-likeness (QED) is 0.588. The number of allylic oxidation sites excluding steroid dienone is 2. The molecule has 1 aliphatic carbocycles. The Hall–Kier alpha value is -2.00. The number of ketones is 2. The lowest BCUT2D eigenvalue weighted by atomic mass is 9.86. The minimum Gasteiger partial charge on any atom is -0.381 e. The molecule has 0 aliphatic heterocycles. The highest BCUT2D eigenvalue weighted by molar-refractivity contribution is 6.24. The predicted molar refractivity (Wildman–Crippen MR) is 78.1 cm³/mol. The summed E-state index contributed by atoms with van der Waals surface area (Å²) in [7, 11) is 0. The molecule has 104 valence electrons. The summed E-state index contributed by atoms with van der Waals surface area (Å²) >= 11 is 0. The van der Waals surface area contributed by atoms with Crippen molar-refractivity contribution >= 4 is 11.6 Å². The lowest BCUT2D eigenvalue weighted by Gasteiger charge is -2.15. The van der Waals surface area contributed by atoms with E-state index in [1.807, 2.05) is 6.92 Å². The first-order chi connectivity index (χ1) is 9.63. The first-order valence-electron chi connectivity index (χ1n) is 6.76. The fraction of sp³-hybridized carbons (Fsp3) is 0.294. The summed E-state index contributed by atoms with van der Waals surface area (Å²) in [6.45, 7) is 7.15. The molecular formula is C17H18O3. The lowest BCUT2D eigenvalue weighted by molar-refractivity contribution is 0.0982. The third-order valence-corrected chi connectivity index (χ3v) is 3.28. The number of hydrogen-bond acceptors (Lipinski definition) is 3. The third-order valence-electron chi connectivity index (χ3n) is 3.28. The van der Waals surface area contributed by atoms with Crippen LogP contribution in [0, 0.1) is 0 Å². The van der Waals surface area contributed by atoms with Gasteiger partial charge in [0, 0.05) is 23.3 Å². The summed E-state index contributed by atoms with van der Waals surface area (Å²) in [4.78, 5) is 24.3. The van der Waals surface area contributed by atoms with E-state index < -0.39 is 0 Å². The molecule has 20 heavy (non-hydrogen) atoms. The molecular weight excluding hydrogens is 252 g/mol. The number of fused-ring (bicyclic) bond motifs is 1. The van der Waals surface area contributed by atoms with Gasteiger partial charge in [0.25, 0.3) is 0 Å². The second kappa shape index (κ2) is 6.44. The summed E-state index contributed by atoms with van der Waals surface area (Å²) in [5.74, 6) is -0.175. The summed E-state index contributed by atoms with van der Waals surface area (Å²) < 4.78 is 5.27. The average Bonchev–Trinajstić information content (AvgIpc) is 2.45. The molecule has 0 N–H and O–H groups in total. The maximum atomic E-state index is 12.3. The number of ether oxygens (including phenoxy) is 1. The van der Waals surface area contributed by atoms with Gasteiger partial charge in [-0.2, -0.15) is 0 Å². The normalized spacial score (nSPS) is 13.9. The first kappa shape index (κ1) is 14.4. The molecule has 0 saturated carbocycles. The van der Waals surface area contributed by atoms with E-state index in [1.54, 1.807) is 24.3 Å². The van der Waals surface area contributed by atoms with Crippen LogP contribution in [0.25, 0.3) is 0 Å². The van der Waals surface area contributed by atoms with Gasteiger partial charge in [-0.25, -0.2) is 0 Å². The van der Waals surface area contributed by atoms with E-state index in [0.29, 0.717) is 42.8 Å². The second-order valence-corrected chi connectivity index (χ2v) is 4.78. The minimum atomic E-state index is -0.104. The topological polar surface area (TPSA) is 43.4 Å². The highest BCUT2D eigenvalue weighted by Crippen LogP contribution is 2.25. The van der Waals surface area contributed by atoms with Crippen molar-refractivity contribution in [3.63, 3.8) is 0 Å². The fourth-order valence-electron chi connectivity index (χ4n) is 2.22. The van der Waals surface area contributed by atoms with Crippen molar-refractivity contribution in [3.05, 3.63) is 59.2 Å². The molecule has 0 heterocycles.